The third kappa shape index (κ3) is 3.27. The van der Waals surface area contributed by atoms with Crippen molar-refractivity contribution in [2.24, 2.45) is 0 Å². The van der Waals surface area contributed by atoms with Gasteiger partial charge in [-0.25, -0.2) is 4.79 Å². The topological polar surface area (TPSA) is 41.6 Å². The summed E-state index contributed by atoms with van der Waals surface area (Å²) in [4.78, 5) is 14.4. The molecule has 1 unspecified atom stereocenters. The van der Waals surface area contributed by atoms with Gasteiger partial charge in [0.05, 0.1) is 12.2 Å². The van der Waals surface area contributed by atoms with Crippen molar-refractivity contribution < 1.29 is 9.53 Å². The number of nitrogens with one attached hydrogen (secondary N) is 1. The summed E-state index contributed by atoms with van der Waals surface area (Å²) in [6.45, 7) is 6.48. The second-order valence-electron chi connectivity index (χ2n) is 5.88. The number of rotatable bonds is 1. The number of aryl methyl sites for hydroxylation is 2. The van der Waals surface area contributed by atoms with Gasteiger partial charge < -0.3 is 10.1 Å². The molecule has 0 aromatic heterocycles. The van der Waals surface area contributed by atoms with Gasteiger partial charge in [-0.2, -0.15) is 0 Å². The Hall–Kier alpha value is -2.20. The number of fused-ring (bicyclic) bond motifs is 1. The summed E-state index contributed by atoms with van der Waals surface area (Å²) in [5, 5.41) is 3.52. The van der Waals surface area contributed by atoms with Gasteiger partial charge in [0, 0.05) is 10.7 Å². The van der Waals surface area contributed by atoms with Crippen LogP contribution in [0.15, 0.2) is 36.4 Å². The highest BCUT2D eigenvalue weighted by Crippen LogP contribution is 2.36. The van der Waals surface area contributed by atoms with Crippen molar-refractivity contribution in [2.75, 3.05) is 16.8 Å². The lowest BCUT2D eigenvalue weighted by atomic mass is 10.1. The summed E-state index contributed by atoms with van der Waals surface area (Å²) >= 11 is 6.07. The fourth-order valence-electron chi connectivity index (χ4n) is 2.61. The highest BCUT2D eigenvalue weighted by molar-refractivity contribution is 6.31. The Bertz CT molecular complexity index is 761. The first kappa shape index (κ1) is 15.7. The molecular formula is C18H19ClN2O2. The first-order valence-electron chi connectivity index (χ1n) is 7.56. The molecule has 2 aromatic carbocycles. The van der Waals surface area contributed by atoms with Gasteiger partial charge in [-0.05, 0) is 62.2 Å². The van der Waals surface area contributed by atoms with Crippen molar-refractivity contribution in [3.63, 3.8) is 0 Å². The van der Waals surface area contributed by atoms with Crippen molar-refractivity contribution in [1.82, 2.24) is 0 Å². The average molecular weight is 331 g/mol. The summed E-state index contributed by atoms with van der Waals surface area (Å²) in [5.41, 5.74) is 3.81. The number of amides is 2. The van der Waals surface area contributed by atoms with Crippen LogP contribution in [0.1, 0.15) is 18.1 Å². The Balaban J connectivity index is 1.87. The van der Waals surface area contributed by atoms with Crippen LogP contribution in [0.25, 0.3) is 0 Å². The van der Waals surface area contributed by atoms with Crippen molar-refractivity contribution in [3.05, 3.63) is 52.5 Å². The standard InChI is InChI=1S/C18H19ClN2O2/c1-11-4-6-15(8-12(11)2)20-18(22)21-10-13(3)23-17-7-5-14(19)9-16(17)21/h4-9,13H,10H2,1-3H3,(H,20,22). The van der Waals surface area contributed by atoms with E-state index in [-0.39, 0.29) is 12.1 Å². The smallest absolute Gasteiger partial charge is 0.326 e. The zero-order chi connectivity index (χ0) is 16.6. The van der Waals surface area contributed by atoms with E-state index in [1.807, 2.05) is 39.0 Å². The second-order valence-corrected chi connectivity index (χ2v) is 6.32. The van der Waals surface area contributed by atoms with E-state index < -0.39 is 0 Å². The zero-order valence-electron chi connectivity index (χ0n) is 13.4. The first-order chi connectivity index (χ1) is 10.9. The van der Waals surface area contributed by atoms with E-state index in [0.717, 1.165) is 11.3 Å². The number of halogens is 1. The largest absolute Gasteiger partial charge is 0.487 e. The van der Waals surface area contributed by atoms with Crippen LogP contribution in [-0.4, -0.2) is 18.7 Å². The minimum absolute atomic E-state index is 0.0748. The molecule has 0 radical (unpaired) electrons. The van der Waals surface area contributed by atoms with Gasteiger partial charge in [-0.15, -0.1) is 0 Å². The van der Waals surface area contributed by atoms with Gasteiger partial charge >= 0.3 is 6.03 Å². The molecule has 0 fully saturated rings. The van der Waals surface area contributed by atoms with Gasteiger partial charge in [0.1, 0.15) is 11.9 Å². The number of urea groups is 1. The molecule has 1 atom stereocenters. The third-order valence-electron chi connectivity index (χ3n) is 3.98. The maximum absolute atomic E-state index is 12.7. The van der Waals surface area contributed by atoms with Crippen molar-refractivity contribution >= 4 is 29.0 Å². The summed E-state index contributed by atoms with van der Waals surface area (Å²) in [6, 6.07) is 11.0. The van der Waals surface area contributed by atoms with Crippen LogP contribution >= 0.6 is 11.6 Å². The fourth-order valence-corrected chi connectivity index (χ4v) is 2.78. The SMILES string of the molecule is Cc1ccc(NC(=O)N2CC(C)Oc3ccc(Cl)cc32)cc1C. The van der Waals surface area contributed by atoms with Crippen LogP contribution in [0.5, 0.6) is 5.75 Å². The monoisotopic (exact) mass is 330 g/mol. The van der Waals surface area contributed by atoms with E-state index in [0.29, 0.717) is 23.0 Å². The summed E-state index contributed by atoms with van der Waals surface area (Å²) < 4.78 is 5.77. The van der Waals surface area contributed by atoms with E-state index in [1.165, 1.54) is 5.56 Å². The van der Waals surface area contributed by atoms with Crippen LogP contribution in [0.2, 0.25) is 5.02 Å². The van der Waals surface area contributed by atoms with E-state index in [1.54, 1.807) is 23.1 Å². The Kier molecular flexibility index (Phi) is 4.18. The normalized spacial score (nSPS) is 16.5. The molecule has 5 heteroatoms. The minimum atomic E-state index is -0.188. The van der Waals surface area contributed by atoms with Crippen molar-refractivity contribution in [2.45, 2.75) is 26.9 Å². The van der Waals surface area contributed by atoms with Gasteiger partial charge in [-0.3, -0.25) is 4.90 Å². The number of carbonyl (C=O) groups is 1. The Morgan fingerprint density at radius 1 is 1.22 bits per heavy atom. The fraction of sp³-hybridized carbons (Fsp3) is 0.278. The Labute approximate surface area is 141 Å². The molecule has 120 valence electrons. The molecule has 4 nitrogen and oxygen atoms in total. The predicted molar refractivity (Wildman–Crippen MR) is 93.8 cm³/mol. The molecule has 2 amide bonds. The van der Waals surface area contributed by atoms with Crippen LogP contribution in [0.3, 0.4) is 0 Å². The molecule has 0 aliphatic carbocycles. The number of hydrogen-bond acceptors (Lipinski definition) is 2. The van der Waals surface area contributed by atoms with Crippen LogP contribution in [0, 0.1) is 13.8 Å². The van der Waals surface area contributed by atoms with E-state index in [4.69, 9.17) is 16.3 Å². The Morgan fingerprint density at radius 2 is 2.00 bits per heavy atom. The average Bonchev–Trinajstić information content (AvgIpc) is 2.50. The van der Waals surface area contributed by atoms with E-state index in [2.05, 4.69) is 5.32 Å². The summed E-state index contributed by atoms with van der Waals surface area (Å²) in [7, 11) is 0. The van der Waals surface area contributed by atoms with Gasteiger partial charge in [0.2, 0.25) is 0 Å². The third-order valence-corrected chi connectivity index (χ3v) is 4.22. The summed E-state index contributed by atoms with van der Waals surface area (Å²) in [5.74, 6) is 0.670. The molecule has 0 saturated carbocycles. The van der Waals surface area contributed by atoms with E-state index >= 15 is 0 Å². The van der Waals surface area contributed by atoms with Gasteiger partial charge in [0.15, 0.2) is 0 Å². The lowest BCUT2D eigenvalue weighted by Crippen LogP contribution is -2.44. The molecule has 0 spiro atoms. The highest BCUT2D eigenvalue weighted by atomic mass is 35.5. The number of ether oxygens (including phenoxy) is 1. The van der Waals surface area contributed by atoms with E-state index in [9.17, 15) is 4.79 Å². The highest BCUT2D eigenvalue weighted by Gasteiger charge is 2.28. The number of nitrogens with zero attached hydrogens (tertiary/aromatic N) is 1. The van der Waals surface area contributed by atoms with Gasteiger partial charge in [-0.1, -0.05) is 17.7 Å². The minimum Gasteiger partial charge on any atom is -0.487 e. The number of anilines is 2. The number of hydrogen-bond donors (Lipinski definition) is 1. The maximum Gasteiger partial charge on any atom is 0.326 e. The van der Waals surface area contributed by atoms with Crippen LogP contribution in [0.4, 0.5) is 16.2 Å². The molecule has 0 bridgehead atoms. The zero-order valence-corrected chi connectivity index (χ0v) is 14.1. The van der Waals surface area contributed by atoms with Crippen molar-refractivity contribution in [3.8, 4) is 5.75 Å². The molecule has 3 rings (SSSR count). The lowest BCUT2D eigenvalue weighted by molar-refractivity contribution is 0.208. The first-order valence-corrected chi connectivity index (χ1v) is 7.94. The van der Waals surface area contributed by atoms with Crippen LogP contribution in [-0.2, 0) is 0 Å². The molecule has 1 N–H and O–H groups in total. The molecule has 1 aliphatic rings. The maximum atomic E-state index is 12.7. The Morgan fingerprint density at radius 3 is 2.74 bits per heavy atom. The molecule has 1 aliphatic heterocycles. The van der Waals surface area contributed by atoms with Crippen LogP contribution < -0.4 is 15.0 Å². The summed E-state index contributed by atoms with van der Waals surface area (Å²) in [6.07, 6.45) is -0.0748. The second kappa shape index (κ2) is 6.13. The molecule has 1 heterocycles. The van der Waals surface area contributed by atoms with Gasteiger partial charge in [0.25, 0.3) is 0 Å². The molecule has 2 aromatic rings. The lowest BCUT2D eigenvalue weighted by Gasteiger charge is -2.33. The molecule has 0 saturated heterocycles. The number of benzene rings is 2. The quantitative estimate of drug-likeness (QED) is 0.817. The number of carbonyl (C=O) groups excluding carboxylic acids is 1. The molecular weight excluding hydrogens is 312 g/mol. The van der Waals surface area contributed by atoms with Crippen molar-refractivity contribution in [1.29, 1.82) is 0 Å². The predicted octanol–water partition coefficient (Wildman–Crippen LogP) is 4.78. The molecule has 23 heavy (non-hydrogen) atoms.